The molecule has 0 radical (unpaired) electrons. The fraction of sp³-hybridized carbons (Fsp3) is 0.533. The summed E-state index contributed by atoms with van der Waals surface area (Å²) in [6.07, 6.45) is 1.43. The Morgan fingerprint density at radius 1 is 1.33 bits per heavy atom. The molecule has 0 spiro atoms. The zero-order chi connectivity index (χ0) is 15.6. The second kappa shape index (κ2) is 6.39. The van der Waals surface area contributed by atoms with Crippen LogP contribution in [-0.2, 0) is 4.74 Å². The Morgan fingerprint density at radius 2 is 2.00 bits per heavy atom. The Bertz CT molecular complexity index is 648. The highest BCUT2D eigenvalue weighted by Gasteiger charge is 2.22. The molecule has 5 nitrogen and oxygen atoms in total. The Morgan fingerprint density at radius 3 is 2.57 bits per heavy atom. The minimum absolute atomic E-state index is 0.129. The minimum atomic E-state index is -0.281. The third-order valence-electron chi connectivity index (χ3n) is 3.30. The Balaban J connectivity index is 2.56. The molecule has 0 atom stereocenters. The molecule has 6 heteroatoms. The number of nitrogens with zero attached hydrogens (tertiary/aromatic N) is 3. The fourth-order valence-electron chi connectivity index (χ4n) is 2.28. The van der Waals surface area contributed by atoms with Crippen LogP contribution in [0.25, 0.3) is 10.2 Å². The molecule has 2 aromatic rings. The first-order chi connectivity index (χ1) is 9.99. The van der Waals surface area contributed by atoms with Gasteiger partial charge in [0.2, 0.25) is 0 Å². The van der Waals surface area contributed by atoms with E-state index < -0.39 is 0 Å². The van der Waals surface area contributed by atoms with Crippen LogP contribution in [0.5, 0.6) is 0 Å². The van der Waals surface area contributed by atoms with Gasteiger partial charge in [0.25, 0.3) is 0 Å². The summed E-state index contributed by atoms with van der Waals surface area (Å²) in [4.78, 5) is 24.5. The van der Waals surface area contributed by atoms with Crippen molar-refractivity contribution in [1.29, 1.82) is 0 Å². The molecule has 0 amide bonds. The van der Waals surface area contributed by atoms with Crippen LogP contribution in [0.4, 0.5) is 5.82 Å². The Hall–Kier alpha value is -1.69. The van der Waals surface area contributed by atoms with Crippen molar-refractivity contribution >= 4 is 33.3 Å². The molecule has 0 saturated carbocycles. The van der Waals surface area contributed by atoms with Crippen molar-refractivity contribution in [2.45, 2.75) is 40.7 Å². The standard InChI is InChI=1S/C15H21N3O2S/c1-6-18(7-2)13-11-10(5)12(15(19)20-9(3)4)21-14(11)17-8-16-13/h8-9H,6-7H2,1-5H3. The first-order valence-corrected chi connectivity index (χ1v) is 8.01. The van der Waals surface area contributed by atoms with Crippen molar-refractivity contribution in [3.63, 3.8) is 0 Å². The van der Waals surface area contributed by atoms with Gasteiger partial charge in [-0.1, -0.05) is 0 Å². The molecule has 0 aliphatic rings. The fourth-order valence-corrected chi connectivity index (χ4v) is 3.30. The lowest BCUT2D eigenvalue weighted by Gasteiger charge is -2.20. The quantitative estimate of drug-likeness (QED) is 0.792. The predicted octanol–water partition coefficient (Wildman–Crippen LogP) is 3.41. The molecule has 0 fully saturated rings. The zero-order valence-corrected chi connectivity index (χ0v) is 14.0. The van der Waals surface area contributed by atoms with Crippen LogP contribution >= 0.6 is 11.3 Å². The summed E-state index contributed by atoms with van der Waals surface area (Å²) < 4.78 is 5.31. The van der Waals surface area contributed by atoms with Crippen LogP contribution in [0.15, 0.2) is 6.33 Å². The monoisotopic (exact) mass is 307 g/mol. The number of carbonyl (C=O) groups excluding carboxylic acids is 1. The lowest BCUT2D eigenvalue weighted by molar-refractivity contribution is 0.0383. The number of hydrogen-bond donors (Lipinski definition) is 0. The zero-order valence-electron chi connectivity index (χ0n) is 13.1. The summed E-state index contributed by atoms with van der Waals surface area (Å²) >= 11 is 1.37. The highest BCUT2D eigenvalue weighted by Crippen LogP contribution is 2.35. The van der Waals surface area contributed by atoms with Gasteiger partial charge in [-0.3, -0.25) is 0 Å². The molecule has 0 aliphatic heterocycles. The average molecular weight is 307 g/mol. The molecular weight excluding hydrogens is 286 g/mol. The molecule has 0 aromatic carbocycles. The second-order valence-corrected chi connectivity index (χ2v) is 6.06. The van der Waals surface area contributed by atoms with Gasteiger partial charge in [0.05, 0.1) is 11.5 Å². The van der Waals surface area contributed by atoms with E-state index in [-0.39, 0.29) is 12.1 Å². The van der Waals surface area contributed by atoms with Crippen LogP contribution in [0, 0.1) is 6.92 Å². The third-order valence-corrected chi connectivity index (χ3v) is 4.48. The van der Waals surface area contributed by atoms with E-state index in [1.807, 2.05) is 20.8 Å². The van der Waals surface area contributed by atoms with Gasteiger partial charge < -0.3 is 9.64 Å². The number of aromatic nitrogens is 2. The van der Waals surface area contributed by atoms with Crippen LogP contribution in [0.2, 0.25) is 0 Å². The predicted molar refractivity (Wildman–Crippen MR) is 86.3 cm³/mol. The van der Waals surface area contributed by atoms with Crippen molar-refractivity contribution in [3.05, 3.63) is 16.8 Å². The lowest BCUT2D eigenvalue weighted by Crippen LogP contribution is -2.23. The van der Waals surface area contributed by atoms with Crippen molar-refractivity contribution in [1.82, 2.24) is 9.97 Å². The van der Waals surface area contributed by atoms with E-state index in [0.717, 1.165) is 34.7 Å². The third kappa shape index (κ3) is 3.00. The smallest absolute Gasteiger partial charge is 0.348 e. The summed E-state index contributed by atoms with van der Waals surface area (Å²) in [5.41, 5.74) is 0.906. The van der Waals surface area contributed by atoms with Crippen LogP contribution in [0.1, 0.15) is 42.9 Å². The van der Waals surface area contributed by atoms with Crippen molar-refractivity contribution < 1.29 is 9.53 Å². The summed E-state index contributed by atoms with van der Waals surface area (Å²) in [5.74, 6) is 0.610. The maximum atomic E-state index is 12.2. The number of thiophene rings is 1. The lowest BCUT2D eigenvalue weighted by atomic mass is 10.2. The van der Waals surface area contributed by atoms with Crippen molar-refractivity contribution in [2.75, 3.05) is 18.0 Å². The van der Waals surface area contributed by atoms with Crippen molar-refractivity contribution in [2.24, 2.45) is 0 Å². The number of hydrogen-bond acceptors (Lipinski definition) is 6. The molecule has 114 valence electrons. The SMILES string of the molecule is CCN(CC)c1ncnc2sc(C(=O)OC(C)C)c(C)c12. The van der Waals surface area contributed by atoms with Gasteiger partial charge in [-0.05, 0) is 40.2 Å². The molecule has 0 unspecified atom stereocenters. The molecule has 21 heavy (non-hydrogen) atoms. The highest BCUT2D eigenvalue weighted by atomic mass is 32.1. The largest absolute Gasteiger partial charge is 0.459 e. The first kappa shape index (κ1) is 15.7. The molecule has 0 aliphatic carbocycles. The normalized spacial score (nSPS) is 11.1. The topological polar surface area (TPSA) is 55.3 Å². The Labute approximate surface area is 129 Å². The number of fused-ring (bicyclic) bond motifs is 1. The number of aryl methyl sites for hydroxylation is 1. The maximum absolute atomic E-state index is 12.2. The maximum Gasteiger partial charge on any atom is 0.348 e. The number of ether oxygens (including phenoxy) is 1. The van der Waals surface area contributed by atoms with Crippen LogP contribution < -0.4 is 4.90 Å². The highest BCUT2D eigenvalue weighted by molar-refractivity contribution is 7.20. The number of carbonyl (C=O) groups is 1. The number of rotatable bonds is 5. The van der Waals surface area contributed by atoms with Gasteiger partial charge in [0, 0.05) is 13.1 Å². The van der Waals surface area contributed by atoms with Gasteiger partial charge in [0.1, 0.15) is 21.9 Å². The summed E-state index contributed by atoms with van der Waals surface area (Å²) in [5, 5.41) is 0.960. The van der Waals surface area contributed by atoms with E-state index in [2.05, 4.69) is 28.7 Å². The van der Waals surface area contributed by atoms with Gasteiger partial charge in [-0.25, -0.2) is 14.8 Å². The van der Waals surface area contributed by atoms with E-state index in [1.165, 1.54) is 11.3 Å². The van der Waals surface area contributed by atoms with Gasteiger partial charge in [-0.2, -0.15) is 0 Å². The van der Waals surface area contributed by atoms with E-state index in [0.29, 0.717) is 4.88 Å². The Kier molecular flexibility index (Phi) is 4.77. The first-order valence-electron chi connectivity index (χ1n) is 7.19. The van der Waals surface area contributed by atoms with Gasteiger partial charge >= 0.3 is 5.97 Å². The van der Waals surface area contributed by atoms with Crippen molar-refractivity contribution in [3.8, 4) is 0 Å². The molecule has 0 N–H and O–H groups in total. The van der Waals surface area contributed by atoms with Gasteiger partial charge in [-0.15, -0.1) is 11.3 Å². The van der Waals surface area contributed by atoms with E-state index >= 15 is 0 Å². The van der Waals surface area contributed by atoms with Crippen LogP contribution in [-0.4, -0.2) is 35.1 Å². The van der Waals surface area contributed by atoms with Gasteiger partial charge in [0.15, 0.2) is 0 Å². The second-order valence-electron chi connectivity index (χ2n) is 5.06. The average Bonchev–Trinajstić information content (AvgIpc) is 2.78. The summed E-state index contributed by atoms with van der Waals surface area (Å²) in [7, 11) is 0. The molecule has 0 bridgehead atoms. The van der Waals surface area contributed by atoms with Crippen LogP contribution in [0.3, 0.4) is 0 Å². The summed E-state index contributed by atoms with van der Waals surface area (Å²) in [6.45, 7) is 11.5. The molecular formula is C15H21N3O2S. The molecule has 2 rings (SSSR count). The molecule has 2 aromatic heterocycles. The summed E-state index contributed by atoms with van der Waals surface area (Å²) in [6, 6.07) is 0. The molecule has 0 saturated heterocycles. The van der Waals surface area contributed by atoms with E-state index in [9.17, 15) is 4.79 Å². The number of esters is 1. The van der Waals surface area contributed by atoms with E-state index in [1.54, 1.807) is 6.33 Å². The number of anilines is 1. The molecule has 2 heterocycles. The van der Waals surface area contributed by atoms with E-state index in [4.69, 9.17) is 4.74 Å². The minimum Gasteiger partial charge on any atom is -0.459 e.